The first-order valence-electron chi connectivity index (χ1n) is 8.43. The first-order valence-corrected chi connectivity index (χ1v) is 8.43. The standard InChI is InChI=1S/C17H34O4/c1-15(2)11-7-5-8-13-20-17(18)21-14-10-6-9-12-19-16(3)4/h15-16H,5-14H2,1-4H3. The molecule has 0 aromatic carbocycles. The maximum atomic E-state index is 11.3. The largest absolute Gasteiger partial charge is 0.508 e. The van der Waals surface area contributed by atoms with Crippen LogP contribution in [0.25, 0.3) is 0 Å². The Hall–Kier alpha value is -0.770. The second-order valence-electron chi connectivity index (χ2n) is 6.17. The highest BCUT2D eigenvalue weighted by molar-refractivity contribution is 5.59. The highest BCUT2D eigenvalue weighted by atomic mass is 16.7. The summed E-state index contributed by atoms with van der Waals surface area (Å²) in [6.45, 7) is 10.2. The molecule has 0 amide bonds. The number of hydrogen-bond acceptors (Lipinski definition) is 4. The van der Waals surface area contributed by atoms with Crippen LogP contribution in [-0.2, 0) is 14.2 Å². The summed E-state index contributed by atoms with van der Waals surface area (Å²) in [7, 11) is 0. The number of ether oxygens (including phenoxy) is 3. The van der Waals surface area contributed by atoms with E-state index in [2.05, 4.69) is 13.8 Å². The molecule has 0 aromatic rings. The number of hydrogen-bond donors (Lipinski definition) is 0. The Morgan fingerprint density at radius 3 is 1.81 bits per heavy atom. The van der Waals surface area contributed by atoms with E-state index >= 15 is 0 Å². The molecule has 0 rings (SSSR count). The van der Waals surface area contributed by atoms with E-state index in [0.717, 1.165) is 44.6 Å². The summed E-state index contributed by atoms with van der Waals surface area (Å²) in [5, 5.41) is 0. The molecule has 0 radical (unpaired) electrons. The third-order valence-electron chi connectivity index (χ3n) is 3.11. The van der Waals surface area contributed by atoms with Gasteiger partial charge in [0.05, 0.1) is 19.3 Å². The third-order valence-corrected chi connectivity index (χ3v) is 3.11. The lowest BCUT2D eigenvalue weighted by Crippen LogP contribution is -2.10. The molecular formula is C17H34O4. The molecule has 126 valence electrons. The molecule has 0 aliphatic carbocycles. The second-order valence-corrected chi connectivity index (χ2v) is 6.17. The summed E-state index contributed by atoms with van der Waals surface area (Å²) in [4.78, 5) is 11.3. The van der Waals surface area contributed by atoms with Gasteiger partial charge in [-0.1, -0.05) is 33.1 Å². The van der Waals surface area contributed by atoms with Gasteiger partial charge in [0.15, 0.2) is 0 Å². The Kier molecular flexibility index (Phi) is 13.7. The number of carbonyl (C=O) groups excluding carboxylic acids is 1. The zero-order chi connectivity index (χ0) is 15.9. The lowest BCUT2D eigenvalue weighted by atomic mass is 10.1. The maximum Gasteiger partial charge on any atom is 0.508 e. The van der Waals surface area contributed by atoms with E-state index < -0.39 is 6.16 Å². The fourth-order valence-electron chi connectivity index (χ4n) is 1.88. The molecule has 0 aliphatic heterocycles. The van der Waals surface area contributed by atoms with Crippen molar-refractivity contribution in [3.8, 4) is 0 Å². The lowest BCUT2D eigenvalue weighted by Gasteiger charge is -2.08. The van der Waals surface area contributed by atoms with Crippen molar-refractivity contribution in [2.75, 3.05) is 19.8 Å². The van der Waals surface area contributed by atoms with Crippen molar-refractivity contribution in [2.24, 2.45) is 5.92 Å². The van der Waals surface area contributed by atoms with Crippen LogP contribution in [0.5, 0.6) is 0 Å². The fraction of sp³-hybridized carbons (Fsp3) is 0.941. The predicted octanol–water partition coefficient (Wildman–Crippen LogP) is 4.95. The molecule has 0 fully saturated rings. The number of rotatable bonds is 13. The van der Waals surface area contributed by atoms with Crippen molar-refractivity contribution in [1.29, 1.82) is 0 Å². The van der Waals surface area contributed by atoms with Crippen LogP contribution in [0.2, 0.25) is 0 Å². The number of unbranched alkanes of at least 4 members (excludes halogenated alkanes) is 4. The molecule has 4 nitrogen and oxygen atoms in total. The van der Waals surface area contributed by atoms with Crippen LogP contribution in [0.15, 0.2) is 0 Å². The molecule has 0 saturated heterocycles. The molecule has 0 bridgehead atoms. The highest BCUT2D eigenvalue weighted by Crippen LogP contribution is 2.08. The highest BCUT2D eigenvalue weighted by Gasteiger charge is 2.03. The van der Waals surface area contributed by atoms with Gasteiger partial charge in [0.1, 0.15) is 0 Å². The third kappa shape index (κ3) is 17.2. The van der Waals surface area contributed by atoms with Crippen molar-refractivity contribution < 1.29 is 19.0 Å². The Morgan fingerprint density at radius 2 is 1.29 bits per heavy atom. The summed E-state index contributed by atoms with van der Waals surface area (Å²) < 4.78 is 15.5. The summed E-state index contributed by atoms with van der Waals surface area (Å²) in [5.41, 5.74) is 0. The lowest BCUT2D eigenvalue weighted by molar-refractivity contribution is 0.0508. The van der Waals surface area contributed by atoms with Gasteiger partial charge in [0, 0.05) is 6.61 Å². The average molecular weight is 302 g/mol. The van der Waals surface area contributed by atoms with Gasteiger partial charge in [-0.2, -0.15) is 0 Å². The van der Waals surface area contributed by atoms with Crippen molar-refractivity contribution >= 4 is 6.16 Å². The summed E-state index contributed by atoms with van der Waals surface area (Å²) in [6, 6.07) is 0. The van der Waals surface area contributed by atoms with Crippen molar-refractivity contribution in [2.45, 2.75) is 78.7 Å². The molecule has 0 aliphatic rings. The van der Waals surface area contributed by atoms with E-state index in [4.69, 9.17) is 14.2 Å². The molecule has 4 heteroatoms. The molecule has 0 spiro atoms. The van der Waals surface area contributed by atoms with Gasteiger partial charge >= 0.3 is 6.16 Å². The van der Waals surface area contributed by atoms with Crippen molar-refractivity contribution in [1.82, 2.24) is 0 Å². The normalized spacial score (nSPS) is 11.1. The van der Waals surface area contributed by atoms with E-state index in [1.54, 1.807) is 0 Å². The van der Waals surface area contributed by atoms with E-state index in [9.17, 15) is 4.79 Å². The van der Waals surface area contributed by atoms with Gasteiger partial charge in [-0.25, -0.2) is 4.79 Å². The van der Waals surface area contributed by atoms with E-state index in [1.165, 1.54) is 12.8 Å². The molecule has 0 saturated carbocycles. The molecular weight excluding hydrogens is 268 g/mol. The molecule has 0 N–H and O–H groups in total. The first kappa shape index (κ1) is 20.2. The maximum absolute atomic E-state index is 11.3. The van der Waals surface area contributed by atoms with Crippen LogP contribution in [0, 0.1) is 5.92 Å². The van der Waals surface area contributed by atoms with Gasteiger partial charge in [-0.3, -0.25) is 0 Å². The predicted molar refractivity (Wildman–Crippen MR) is 85.5 cm³/mol. The van der Waals surface area contributed by atoms with Crippen LogP contribution < -0.4 is 0 Å². The van der Waals surface area contributed by atoms with Crippen LogP contribution in [0.4, 0.5) is 4.79 Å². The minimum Gasteiger partial charge on any atom is -0.434 e. The van der Waals surface area contributed by atoms with E-state index in [0.29, 0.717) is 13.2 Å². The molecule has 0 aromatic heterocycles. The van der Waals surface area contributed by atoms with Crippen LogP contribution in [0.1, 0.15) is 72.6 Å². The summed E-state index contributed by atoms with van der Waals surface area (Å²) >= 11 is 0. The molecule has 0 unspecified atom stereocenters. The summed E-state index contributed by atoms with van der Waals surface area (Å²) in [6.07, 6.45) is 7.12. The smallest absolute Gasteiger partial charge is 0.434 e. The summed E-state index contributed by atoms with van der Waals surface area (Å²) in [5.74, 6) is 0.752. The monoisotopic (exact) mass is 302 g/mol. The molecule has 0 heterocycles. The zero-order valence-electron chi connectivity index (χ0n) is 14.4. The van der Waals surface area contributed by atoms with Crippen LogP contribution >= 0.6 is 0 Å². The molecule has 0 atom stereocenters. The minimum absolute atomic E-state index is 0.289. The van der Waals surface area contributed by atoms with Crippen LogP contribution in [-0.4, -0.2) is 32.1 Å². The first-order chi connectivity index (χ1) is 10.0. The van der Waals surface area contributed by atoms with Gasteiger partial charge in [0.25, 0.3) is 0 Å². The second kappa shape index (κ2) is 14.2. The zero-order valence-corrected chi connectivity index (χ0v) is 14.4. The van der Waals surface area contributed by atoms with Crippen LogP contribution in [0.3, 0.4) is 0 Å². The van der Waals surface area contributed by atoms with Crippen molar-refractivity contribution in [3.63, 3.8) is 0 Å². The number of carbonyl (C=O) groups is 1. The van der Waals surface area contributed by atoms with Gasteiger partial charge in [-0.05, 0) is 45.4 Å². The fourth-order valence-corrected chi connectivity index (χ4v) is 1.88. The Balaban J connectivity index is 3.20. The topological polar surface area (TPSA) is 44.8 Å². The van der Waals surface area contributed by atoms with Gasteiger partial charge < -0.3 is 14.2 Å². The quantitative estimate of drug-likeness (QED) is 0.356. The van der Waals surface area contributed by atoms with Gasteiger partial charge in [-0.15, -0.1) is 0 Å². The Labute approximate surface area is 130 Å². The van der Waals surface area contributed by atoms with E-state index in [1.807, 2.05) is 13.8 Å². The Bertz CT molecular complexity index is 239. The average Bonchev–Trinajstić information content (AvgIpc) is 2.41. The van der Waals surface area contributed by atoms with Crippen molar-refractivity contribution in [3.05, 3.63) is 0 Å². The van der Waals surface area contributed by atoms with Gasteiger partial charge in [0.2, 0.25) is 0 Å². The molecule has 21 heavy (non-hydrogen) atoms. The Morgan fingerprint density at radius 1 is 0.762 bits per heavy atom. The SMILES string of the molecule is CC(C)CCCCCOC(=O)OCCCCCOC(C)C. The minimum atomic E-state index is -0.530. The van der Waals surface area contributed by atoms with E-state index in [-0.39, 0.29) is 6.10 Å².